The van der Waals surface area contributed by atoms with Crippen LogP contribution in [0, 0.1) is 11.8 Å². The van der Waals surface area contributed by atoms with Crippen LogP contribution in [0.3, 0.4) is 0 Å². The average molecular weight is 476 g/mol. The molecule has 32 heavy (non-hydrogen) atoms. The Morgan fingerprint density at radius 3 is 2.41 bits per heavy atom. The number of halogens is 1. The van der Waals surface area contributed by atoms with Gasteiger partial charge in [-0.2, -0.15) is 0 Å². The predicted octanol–water partition coefficient (Wildman–Crippen LogP) is 0.197. The lowest BCUT2D eigenvalue weighted by molar-refractivity contribution is -0.138. The molecule has 0 spiro atoms. The highest BCUT2D eigenvalue weighted by Gasteiger charge is 2.32. The molecule has 0 saturated carbocycles. The Labute approximate surface area is 195 Å². The number of nitrogens with two attached hydrogens (primary N) is 1. The van der Waals surface area contributed by atoms with Gasteiger partial charge < -0.3 is 31.7 Å². The van der Waals surface area contributed by atoms with Crippen LogP contribution < -0.4 is 21.7 Å². The molecule has 2 saturated heterocycles. The summed E-state index contributed by atoms with van der Waals surface area (Å²) < 4.78 is 0. The van der Waals surface area contributed by atoms with E-state index in [1.54, 1.807) is 4.90 Å². The van der Waals surface area contributed by atoms with E-state index in [9.17, 15) is 19.2 Å². The van der Waals surface area contributed by atoms with Crippen molar-refractivity contribution in [2.24, 2.45) is 17.6 Å². The first kappa shape index (κ1) is 28.1. The Hall–Kier alpha value is -1.91. The minimum absolute atomic E-state index is 0. The Morgan fingerprint density at radius 1 is 1.16 bits per heavy atom. The molecule has 3 amide bonds. The van der Waals surface area contributed by atoms with E-state index in [4.69, 9.17) is 10.8 Å². The fourth-order valence-corrected chi connectivity index (χ4v) is 4.02. The number of carbonyl (C=O) groups excluding carboxylic acids is 3. The van der Waals surface area contributed by atoms with Crippen molar-refractivity contribution in [3.8, 4) is 0 Å². The molecule has 0 bridgehead atoms. The second-order valence-electron chi connectivity index (χ2n) is 9.27. The third kappa shape index (κ3) is 9.30. The SMILES string of the molecule is CC(C)(N)C(=O)N[C@@H](CC(=O)O)NC(=O)[C@@H]1CCCN(C(=O)CCC2CCNCC2)C1.Cl. The highest BCUT2D eigenvalue weighted by molar-refractivity contribution is 5.87. The molecule has 10 nitrogen and oxygen atoms in total. The summed E-state index contributed by atoms with van der Waals surface area (Å²) in [4.78, 5) is 50.4. The number of rotatable bonds is 9. The molecule has 2 heterocycles. The summed E-state index contributed by atoms with van der Waals surface area (Å²) >= 11 is 0. The number of nitrogens with zero attached hydrogens (tertiary/aromatic N) is 1. The summed E-state index contributed by atoms with van der Waals surface area (Å²) in [5.41, 5.74) is 4.54. The number of hydrogen-bond acceptors (Lipinski definition) is 6. The van der Waals surface area contributed by atoms with Crippen molar-refractivity contribution >= 4 is 36.1 Å². The largest absolute Gasteiger partial charge is 0.481 e. The lowest BCUT2D eigenvalue weighted by Gasteiger charge is -2.33. The molecular weight excluding hydrogens is 438 g/mol. The number of piperidine rings is 2. The van der Waals surface area contributed by atoms with Crippen molar-refractivity contribution < 1.29 is 24.3 Å². The number of carbonyl (C=O) groups is 4. The van der Waals surface area contributed by atoms with Crippen LogP contribution in [-0.4, -0.2) is 71.6 Å². The maximum Gasteiger partial charge on any atom is 0.307 e. The third-order valence-electron chi connectivity index (χ3n) is 5.96. The van der Waals surface area contributed by atoms with Gasteiger partial charge in [-0.3, -0.25) is 19.2 Å². The molecular formula is C21H38ClN5O5. The molecule has 2 fully saturated rings. The quantitative estimate of drug-likeness (QED) is 0.298. The molecule has 0 aromatic rings. The van der Waals surface area contributed by atoms with Crippen LogP contribution in [0.5, 0.6) is 0 Å². The summed E-state index contributed by atoms with van der Waals surface area (Å²) in [5.74, 6) is -1.87. The van der Waals surface area contributed by atoms with Gasteiger partial charge in [-0.1, -0.05) is 0 Å². The smallest absolute Gasteiger partial charge is 0.307 e. The first-order valence-corrected chi connectivity index (χ1v) is 11.2. The van der Waals surface area contributed by atoms with Crippen LogP contribution in [-0.2, 0) is 19.2 Å². The molecule has 0 aliphatic carbocycles. The van der Waals surface area contributed by atoms with E-state index in [1.165, 1.54) is 13.8 Å². The van der Waals surface area contributed by atoms with Gasteiger partial charge >= 0.3 is 5.97 Å². The van der Waals surface area contributed by atoms with Gasteiger partial charge in [-0.25, -0.2) is 0 Å². The number of carboxylic acids is 1. The molecule has 2 aliphatic heterocycles. The lowest BCUT2D eigenvalue weighted by atomic mass is 9.92. The summed E-state index contributed by atoms with van der Waals surface area (Å²) in [7, 11) is 0. The topological polar surface area (TPSA) is 154 Å². The first-order valence-electron chi connectivity index (χ1n) is 11.2. The molecule has 0 unspecified atom stereocenters. The van der Waals surface area contributed by atoms with Crippen LogP contribution >= 0.6 is 12.4 Å². The summed E-state index contributed by atoms with van der Waals surface area (Å²) in [6.45, 7) is 5.94. The number of aliphatic carboxylic acids is 1. The highest BCUT2D eigenvalue weighted by atomic mass is 35.5. The molecule has 0 radical (unpaired) electrons. The number of hydrogen-bond donors (Lipinski definition) is 5. The summed E-state index contributed by atoms with van der Waals surface area (Å²) in [6.07, 6.45) is 3.34. The van der Waals surface area contributed by atoms with Gasteiger partial charge in [0, 0.05) is 19.5 Å². The standard InChI is InChI=1S/C21H37N5O5.ClH/c1-21(2,22)20(31)25-16(12-18(28)29)24-19(30)15-4-3-11-26(13-15)17(27)6-5-14-7-9-23-10-8-14;/h14-16,23H,3-13,22H2,1-2H3,(H,24,30)(H,25,31)(H,28,29);1H/t15-,16+;/m1./s1. The first-order chi connectivity index (χ1) is 14.6. The molecule has 2 rings (SSSR count). The van der Waals surface area contributed by atoms with Gasteiger partial charge in [-0.05, 0) is 65.0 Å². The van der Waals surface area contributed by atoms with E-state index in [-0.39, 0.29) is 24.2 Å². The zero-order chi connectivity index (χ0) is 23.0. The van der Waals surface area contributed by atoms with Crippen LogP contribution in [0.15, 0.2) is 0 Å². The Kier molecular flexibility index (Phi) is 11.4. The predicted molar refractivity (Wildman–Crippen MR) is 122 cm³/mol. The maximum atomic E-state index is 12.8. The van der Waals surface area contributed by atoms with Crippen molar-refractivity contribution in [1.29, 1.82) is 0 Å². The monoisotopic (exact) mass is 475 g/mol. The van der Waals surface area contributed by atoms with E-state index in [2.05, 4.69) is 16.0 Å². The van der Waals surface area contributed by atoms with Crippen LogP contribution in [0.1, 0.15) is 58.8 Å². The van der Waals surface area contributed by atoms with Gasteiger partial charge in [-0.15, -0.1) is 12.4 Å². The molecule has 0 aromatic heterocycles. The van der Waals surface area contributed by atoms with Crippen molar-refractivity contribution in [1.82, 2.24) is 20.9 Å². The fourth-order valence-electron chi connectivity index (χ4n) is 4.02. The number of amides is 3. The Bertz CT molecular complexity index is 663. The lowest BCUT2D eigenvalue weighted by Crippen LogP contribution is -2.58. The van der Waals surface area contributed by atoms with Gasteiger partial charge in [0.25, 0.3) is 0 Å². The minimum atomic E-state index is -1.20. The van der Waals surface area contributed by atoms with Crippen molar-refractivity contribution in [2.75, 3.05) is 26.2 Å². The fraction of sp³-hybridized carbons (Fsp3) is 0.810. The molecule has 184 valence electrons. The van der Waals surface area contributed by atoms with Crippen molar-refractivity contribution in [2.45, 2.75) is 70.5 Å². The second kappa shape index (κ2) is 13.0. The van der Waals surface area contributed by atoms with Gasteiger partial charge in [0.05, 0.1) is 17.9 Å². The van der Waals surface area contributed by atoms with E-state index in [1.807, 2.05) is 0 Å². The highest BCUT2D eigenvalue weighted by Crippen LogP contribution is 2.21. The summed E-state index contributed by atoms with van der Waals surface area (Å²) in [5, 5.41) is 17.5. The molecule has 2 aliphatic rings. The third-order valence-corrected chi connectivity index (χ3v) is 5.96. The van der Waals surface area contributed by atoms with Crippen molar-refractivity contribution in [3.05, 3.63) is 0 Å². The van der Waals surface area contributed by atoms with Crippen LogP contribution in [0.25, 0.3) is 0 Å². The van der Waals surface area contributed by atoms with E-state index in [0.29, 0.717) is 38.3 Å². The number of carboxylic acid groups (broad SMARTS) is 1. The van der Waals surface area contributed by atoms with E-state index < -0.39 is 35.9 Å². The van der Waals surface area contributed by atoms with E-state index >= 15 is 0 Å². The normalized spacial score (nSPS) is 20.6. The zero-order valence-electron chi connectivity index (χ0n) is 19.0. The number of nitrogens with one attached hydrogen (secondary N) is 3. The maximum absolute atomic E-state index is 12.8. The second-order valence-corrected chi connectivity index (χ2v) is 9.27. The minimum Gasteiger partial charge on any atom is -0.481 e. The zero-order valence-corrected chi connectivity index (χ0v) is 19.8. The Balaban J connectivity index is 0.00000512. The van der Waals surface area contributed by atoms with Crippen LogP contribution in [0.4, 0.5) is 0 Å². The Morgan fingerprint density at radius 2 is 1.81 bits per heavy atom. The summed E-state index contributed by atoms with van der Waals surface area (Å²) in [6, 6.07) is 0. The molecule has 0 aromatic carbocycles. The molecule has 6 N–H and O–H groups in total. The molecule has 11 heteroatoms. The average Bonchev–Trinajstić information content (AvgIpc) is 2.71. The van der Waals surface area contributed by atoms with Gasteiger partial charge in [0.15, 0.2) is 0 Å². The van der Waals surface area contributed by atoms with Gasteiger partial charge in [0.2, 0.25) is 17.7 Å². The van der Waals surface area contributed by atoms with Gasteiger partial charge in [0.1, 0.15) is 6.17 Å². The van der Waals surface area contributed by atoms with Crippen molar-refractivity contribution in [3.63, 3.8) is 0 Å². The number of likely N-dealkylation sites (tertiary alicyclic amines) is 1. The molecule has 2 atom stereocenters. The van der Waals surface area contributed by atoms with Crippen LogP contribution in [0.2, 0.25) is 0 Å². The van der Waals surface area contributed by atoms with E-state index in [0.717, 1.165) is 32.4 Å².